The minimum absolute atomic E-state index is 0.0522. The molecule has 0 amide bonds. The van der Waals surface area contributed by atoms with Crippen molar-refractivity contribution in [3.8, 4) is 11.3 Å². The number of aliphatic carboxylic acids is 2. The van der Waals surface area contributed by atoms with E-state index in [9.17, 15) is 19.7 Å². The molecule has 1 aromatic carbocycles. The lowest BCUT2D eigenvalue weighted by atomic mass is 10.0. The van der Waals surface area contributed by atoms with Gasteiger partial charge in [0, 0.05) is 44.4 Å². The highest BCUT2D eigenvalue weighted by molar-refractivity contribution is 5.89. The van der Waals surface area contributed by atoms with E-state index in [1.54, 1.807) is 18.2 Å². The van der Waals surface area contributed by atoms with E-state index in [1.807, 2.05) is 12.1 Å². The van der Waals surface area contributed by atoms with Gasteiger partial charge in [0.2, 0.25) is 0 Å². The van der Waals surface area contributed by atoms with Gasteiger partial charge in [-0.3, -0.25) is 10.1 Å². The molecule has 0 aliphatic carbocycles. The Morgan fingerprint density at radius 1 is 1.03 bits per heavy atom. The molecule has 2 aromatic rings. The summed E-state index contributed by atoms with van der Waals surface area (Å²) >= 11 is 0. The van der Waals surface area contributed by atoms with E-state index in [0.717, 1.165) is 32.0 Å². The van der Waals surface area contributed by atoms with Gasteiger partial charge in [0.05, 0.1) is 16.2 Å². The lowest BCUT2D eigenvalue weighted by Gasteiger charge is -2.17. The molecule has 0 radical (unpaired) electrons. The molecule has 2 unspecified atom stereocenters. The summed E-state index contributed by atoms with van der Waals surface area (Å²) in [6.07, 6.45) is 1.12. The molecule has 2 atom stereocenters. The molecule has 2 aliphatic heterocycles. The molecule has 3 N–H and O–H groups in total. The van der Waals surface area contributed by atoms with Crippen LogP contribution in [-0.2, 0) is 9.59 Å². The number of rotatable bonds is 5. The van der Waals surface area contributed by atoms with Crippen LogP contribution in [0.15, 0.2) is 48.6 Å². The van der Waals surface area contributed by atoms with Gasteiger partial charge in [-0.05, 0) is 30.0 Å². The van der Waals surface area contributed by atoms with Gasteiger partial charge >= 0.3 is 11.9 Å². The fraction of sp³-hybridized carbons (Fsp3) is 0.300. The first-order valence-corrected chi connectivity index (χ1v) is 9.52. The number of aromatic nitrogens is 2. The first-order chi connectivity index (χ1) is 14.8. The Morgan fingerprint density at radius 3 is 2.16 bits per heavy atom. The topological polar surface area (TPSA) is 159 Å². The Hall–Kier alpha value is -3.86. The fourth-order valence-corrected chi connectivity index (χ4v) is 3.67. The number of anilines is 1. The zero-order chi connectivity index (χ0) is 22.4. The van der Waals surface area contributed by atoms with Gasteiger partial charge < -0.3 is 20.4 Å². The SMILES string of the molecule is O=C(O)/C=C/C(=O)O.O=[N+]([O-])c1ccccc1-c1ccc(N2CC3CNCC3C2)nn1. The summed E-state index contributed by atoms with van der Waals surface area (Å²) in [4.78, 5) is 32.1. The van der Waals surface area contributed by atoms with Gasteiger partial charge in [0.15, 0.2) is 5.82 Å². The van der Waals surface area contributed by atoms with E-state index < -0.39 is 11.9 Å². The van der Waals surface area contributed by atoms with Gasteiger partial charge in [-0.25, -0.2) is 9.59 Å². The number of hydrogen-bond donors (Lipinski definition) is 3. The molecular formula is C20H21N5O6. The van der Waals surface area contributed by atoms with Gasteiger partial charge in [-0.2, -0.15) is 0 Å². The van der Waals surface area contributed by atoms with Crippen LogP contribution in [0.2, 0.25) is 0 Å². The zero-order valence-corrected chi connectivity index (χ0v) is 16.4. The number of carboxylic acid groups (broad SMARTS) is 2. The van der Waals surface area contributed by atoms with Gasteiger partial charge in [-0.15, -0.1) is 10.2 Å². The van der Waals surface area contributed by atoms with Crippen molar-refractivity contribution in [1.82, 2.24) is 15.5 Å². The molecule has 0 saturated carbocycles. The van der Waals surface area contributed by atoms with Crippen molar-refractivity contribution in [3.05, 3.63) is 58.7 Å². The number of para-hydroxylation sites is 1. The molecule has 2 aliphatic rings. The van der Waals surface area contributed by atoms with Crippen molar-refractivity contribution in [2.24, 2.45) is 11.8 Å². The first kappa shape index (κ1) is 21.8. The average Bonchev–Trinajstić information content (AvgIpc) is 3.35. The Bertz CT molecular complexity index is 966. The van der Waals surface area contributed by atoms with E-state index >= 15 is 0 Å². The third-order valence-electron chi connectivity index (χ3n) is 5.11. The van der Waals surface area contributed by atoms with Crippen molar-refractivity contribution in [2.45, 2.75) is 0 Å². The number of fused-ring (bicyclic) bond motifs is 1. The third kappa shape index (κ3) is 5.60. The minimum Gasteiger partial charge on any atom is -0.478 e. The molecule has 2 saturated heterocycles. The molecule has 0 spiro atoms. The Balaban J connectivity index is 0.000000293. The van der Waals surface area contributed by atoms with E-state index in [4.69, 9.17) is 10.2 Å². The summed E-state index contributed by atoms with van der Waals surface area (Å²) in [6, 6.07) is 10.3. The van der Waals surface area contributed by atoms with Crippen LogP contribution < -0.4 is 10.2 Å². The van der Waals surface area contributed by atoms with Crippen LogP contribution in [0.3, 0.4) is 0 Å². The molecule has 4 rings (SSSR count). The number of hydrogen-bond acceptors (Lipinski definition) is 8. The van der Waals surface area contributed by atoms with Crippen LogP contribution in [0.5, 0.6) is 0 Å². The maximum atomic E-state index is 11.1. The lowest BCUT2D eigenvalue weighted by Crippen LogP contribution is -2.26. The Kier molecular flexibility index (Phi) is 6.88. The van der Waals surface area contributed by atoms with Gasteiger partial charge in [0.1, 0.15) is 0 Å². The second kappa shape index (κ2) is 9.76. The molecule has 11 nitrogen and oxygen atoms in total. The fourth-order valence-electron chi connectivity index (χ4n) is 3.67. The smallest absolute Gasteiger partial charge is 0.328 e. The standard InChI is InChI=1S/C16H17N5O2.C4H4O4/c22-21(23)15-4-2-1-3-13(15)14-5-6-16(19-18-14)20-9-11-7-17-8-12(11)10-20;5-3(6)1-2-4(7)8/h1-6,11-12,17H,7-10H2;1-2H,(H,5,6)(H,7,8)/b;2-1+. The van der Waals surface area contributed by atoms with Gasteiger partial charge in [0.25, 0.3) is 5.69 Å². The first-order valence-electron chi connectivity index (χ1n) is 9.52. The number of nitrogens with one attached hydrogen (secondary N) is 1. The summed E-state index contributed by atoms with van der Waals surface area (Å²) in [7, 11) is 0. The van der Waals surface area contributed by atoms with Crippen molar-refractivity contribution >= 4 is 23.4 Å². The Labute approximate surface area is 177 Å². The van der Waals surface area contributed by atoms with E-state index in [2.05, 4.69) is 20.4 Å². The predicted molar refractivity (Wildman–Crippen MR) is 111 cm³/mol. The number of carboxylic acids is 2. The highest BCUT2D eigenvalue weighted by Gasteiger charge is 2.36. The van der Waals surface area contributed by atoms with Crippen LogP contribution in [0.4, 0.5) is 11.5 Å². The second-order valence-corrected chi connectivity index (χ2v) is 7.14. The number of carbonyl (C=O) groups is 2. The zero-order valence-electron chi connectivity index (χ0n) is 16.4. The molecule has 162 valence electrons. The Morgan fingerprint density at radius 2 is 1.65 bits per heavy atom. The highest BCUT2D eigenvalue weighted by atomic mass is 16.6. The number of nitro groups is 1. The lowest BCUT2D eigenvalue weighted by molar-refractivity contribution is -0.384. The maximum absolute atomic E-state index is 11.1. The molecule has 31 heavy (non-hydrogen) atoms. The summed E-state index contributed by atoms with van der Waals surface area (Å²) in [5, 5.41) is 38.7. The molecule has 2 fully saturated rings. The van der Waals surface area contributed by atoms with Crippen LogP contribution in [-0.4, -0.2) is 63.5 Å². The minimum atomic E-state index is -1.26. The quantitative estimate of drug-likeness (QED) is 0.362. The van der Waals surface area contributed by atoms with Crippen molar-refractivity contribution in [1.29, 1.82) is 0 Å². The third-order valence-corrected chi connectivity index (χ3v) is 5.11. The number of benzene rings is 1. The monoisotopic (exact) mass is 427 g/mol. The second-order valence-electron chi connectivity index (χ2n) is 7.14. The predicted octanol–water partition coefficient (Wildman–Crippen LogP) is 1.42. The van der Waals surface area contributed by atoms with Crippen LogP contribution >= 0.6 is 0 Å². The van der Waals surface area contributed by atoms with Crippen molar-refractivity contribution in [3.63, 3.8) is 0 Å². The van der Waals surface area contributed by atoms with Crippen molar-refractivity contribution < 1.29 is 24.7 Å². The van der Waals surface area contributed by atoms with Gasteiger partial charge in [-0.1, -0.05) is 12.1 Å². The van der Waals surface area contributed by atoms with E-state index in [-0.39, 0.29) is 10.6 Å². The molecular weight excluding hydrogens is 406 g/mol. The average molecular weight is 427 g/mol. The maximum Gasteiger partial charge on any atom is 0.328 e. The largest absolute Gasteiger partial charge is 0.478 e. The van der Waals surface area contributed by atoms with Crippen LogP contribution in [0.1, 0.15) is 0 Å². The van der Waals surface area contributed by atoms with Crippen LogP contribution in [0, 0.1) is 22.0 Å². The highest BCUT2D eigenvalue weighted by Crippen LogP contribution is 2.31. The van der Waals surface area contributed by atoms with Crippen molar-refractivity contribution in [2.75, 3.05) is 31.1 Å². The van der Waals surface area contributed by atoms with Crippen LogP contribution in [0.25, 0.3) is 11.3 Å². The summed E-state index contributed by atoms with van der Waals surface area (Å²) in [5.41, 5.74) is 1.08. The molecule has 11 heteroatoms. The molecule has 3 heterocycles. The normalized spacial score (nSPS) is 19.5. The summed E-state index contributed by atoms with van der Waals surface area (Å²) in [5.74, 6) is -0.292. The summed E-state index contributed by atoms with van der Waals surface area (Å²) in [6.45, 7) is 4.14. The molecule has 0 bridgehead atoms. The van der Waals surface area contributed by atoms with E-state index in [0.29, 0.717) is 35.2 Å². The summed E-state index contributed by atoms with van der Waals surface area (Å²) < 4.78 is 0. The van der Waals surface area contributed by atoms with E-state index in [1.165, 1.54) is 6.07 Å². The number of nitro benzene ring substituents is 1. The number of nitrogens with zero attached hydrogens (tertiary/aromatic N) is 4. The molecule has 1 aromatic heterocycles.